The Hall–Kier alpha value is -2.84. The Kier molecular flexibility index (Phi) is 5.53. The SMILES string of the molecule is COc1ccccc1N(CC(=O)N1c2ccccc2CC1C)S(=O)(=O)c1cccs1. The van der Waals surface area contributed by atoms with Crippen LogP contribution in [0.5, 0.6) is 5.75 Å². The lowest BCUT2D eigenvalue weighted by atomic mass is 10.1. The highest BCUT2D eigenvalue weighted by Crippen LogP contribution is 2.35. The summed E-state index contributed by atoms with van der Waals surface area (Å²) >= 11 is 1.12. The van der Waals surface area contributed by atoms with Crippen molar-refractivity contribution in [2.75, 3.05) is 22.9 Å². The van der Waals surface area contributed by atoms with Gasteiger partial charge >= 0.3 is 0 Å². The lowest BCUT2D eigenvalue weighted by molar-refractivity contribution is -0.117. The first-order valence-electron chi connectivity index (χ1n) is 9.52. The Morgan fingerprint density at radius 1 is 1.13 bits per heavy atom. The molecule has 1 aliphatic heterocycles. The van der Waals surface area contributed by atoms with Crippen LogP contribution in [0.15, 0.2) is 70.3 Å². The average molecular weight is 443 g/mol. The van der Waals surface area contributed by atoms with Crippen LogP contribution < -0.4 is 13.9 Å². The summed E-state index contributed by atoms with van der Waals surface area (Å²) in [6.45, 7) is 1.65. The van der Waals surface area contributed by atoms with Gasteiger partial charge in [0.15, 0.2) is 0 Å². The summed E-state index contributed by atoms with van der Waals surface area (Å²) in [5.74, 6) is 0.110. The van der Waals surface area contributed by atoms with Gasteiger partial charge in [-0.3, -0.25) is 9.10 Å². The van der Waals surface area contributed by atoms with E-state index in [-0.39, 0.29) is 22.7 Å². The minimum atomic E-state index is -3.94. The fraction of sp³-hybridized carbons (Fsp3) is 0.227. The van der Waals surface area contributed by atoms with Crippen LogP contribution >= 0.6 is 11.3 Å². The lowest BCUT2D eigenvalue weighted by Gasteiger charge is -2.29. The van der Waals surface area contributed by atoms with Crippen LogP contribution in [0.1, 0.15) is 12.5 Å². The van der Waals surface area contributed by atoms with E-state index >= 15 is 0 Å². The number of sulfonamides is 1. The van der Waals surface area contributed by atoms with Crippen molar-refractivity contribution in [3.8, 4) is 5.75 Å². The highest BCUT2D eigenvalue weighted by atomic mass is 32.2. The molecule has 1 aliphatic rings. The summed E-state index contributed by atoms with van der Waals surface area (Å²) in [7, 11) is -2.46. The van der Waals surface area contributed by atoms with Gasteiger partial charge in [0.2, 0.25) is 5.91 Å². The second-order valence-corrected chi connectivity index (χ2v) is 10.1. The summed E-state index contributed by atoms with van der Waals surface area (Å²) in [6, 6.07) is 17.7. The van der Waals surface area contributed by atoms with Crippen LogP contribution in [-0.4, -0.2) is 34.0 Å². The number of carbonyl (C=O) groups is 1. The van der Waals surface area contributed by atoms with Crippen molar-refractivity contribution in [1.82, 2.24) is 0 Å². The molecule has 0 spiro atoms. The van der Waals surface area contributed by atoms with E-state index in [0.29, 0.717) is 11.4 Å². The number of ether oxygens (including phenoxy) is 1. The molecule has 0 N–H and O–H groups in total. The van der Waals surface area contributed by atoms with Crippen LogP contribution in [-0.2, 0) is 21.2 Å². The van der Waals surface area contributed by atoms with Gasteiger partial charge in [-0.1, -0.05) is 36.4 Å². The predicted octanol–water partition coefficient (Wildman–Crippen LogP) is 3.93. The molecule has 0 bridgehead atoms. The predicted molar refractivity (Wildman–Crippen MR) is 119 cm³/mol. The number of anilines is 2. The summed E-state index contributed by atoms with van der Waals surface area (Å²) in [5, 5.41) is 1.70. The minimum absolute atomic E-state index is 0.0427. The van der Waals surface area contributed by atoms with Gasteiger partial charge in [0.05, 0.1) is 12.8 Å². The van der Waals surface area contributed by atoms with Gasteiger partial charge in [0.1, 0.15) is 16.5 Å². The quantitative estimate of drug-likeness (QED) is 0.580. The second-order valence-electron chi connectivity index (χ2n) is 7.06. The topological polar surface area (TPSA) is 66.9 Å². The number of methoxy groups -OCH3 is 1. The number of thiophene rings is 1. The first-order valence-corrected chi connectivity index (χ1v) is 11.8. The number of rotatable bonds is 6. The summed E-state index contributed by atoms with van der Waals surface area (Å²) in [4.78, 5) is 15.1. The van der Waals surface area contributed by atoms with Gasteiger partial charge in [-0.25, -0.2) is 8.42 Å². The standard InChI is InChI=1S/C22H22N2O4S2/c1-16-14-17-8-3-4-9-18(17)24(16)21(25)15-23(19-10-5-6-11-20(19)28-2)30(26,27)22-12-7-13-29-22/h3-13,16H,14-15H2,1-2H3. The normalized spacial score (nSPS) is 15.7. The molecule has 0 saturated carbocycles. The summed E-state index contributed by atoms with van der Waals surface area (Å²) in [5.41, 5.74) is 2.26. The van der Waals surface area contributed by atoms with Crippen LogP contribution in [0.4, 0.5) is 11.4 Å². The zero-order chi connectivity index (χ0) is 21.3. The third-order valence-electron chi connectivity index (χ3n) is 5.15. The monoisotopic (exact) mass is 442 g/mol. The van der Waals surface area contributed by atoms with Crippen molar-refractivity contribution in [1.29, 1.82) is 0 Å². The minimum Gasteiger partial charge on any atom is -0.495 e. The van der Waals surface area contributed by atoms with E-state index in [9.17, 15) is 13.2 Å². The number of para-hydroxylation sites is 3. The molecule has 0 fully saturated rings. The van der Waals surface area contributed by atoms with Crippen molar-refractivity contribution < 1.29 is 17.9 Å². The molecule has 30 heavy (non-hydrogen) atoms. The zero-order valence-corrected chi connectivity index (χ0v) is 18.3. The van der Waals surface area contributed by atoms with Crippen LogP contribution in [0.2, 0.25) is 0 Å². The van der Waals surface area contributed by atoms with Gasteiger partial charge in [0.25, 0.3) is 10.0 Å². The van der Waals surface area contributed by atoms with E-state index in [2.05, 4.69) is 0 Å². The van der Waals surface area contributed by atoms with E-state index in [1.807, 2.05) is 31.2 Å². The van der Waals surface area contributed by atoms with Crippen LogP contribution in [0.25, 0.3) is 0 Å². The van der Waals surface area contributed by atoms with E-state index in [1.165, 1.54) is 7.11 Å². The molecule has 1 aromatic heterocycles. The number of hydrogen-bond acceptors (Lipinski definition) is 5. The Morgan fingerprint density at radius 3 is 2.60 bits per heavy atom. The highest BCUT2D eigenvalue weighted by Gasteiger charge is 2.35. The molecule has 1 amide bonds. The molecular formula is C22H22N2O4S2. The van der Waals surface area contributed by atoms with E-state index in [4.69, 9.17) is 4.74 Å². The van der Waals surface area contributed by atoms with Crippen molar-refractivity contribution in [2.45, 2.75) is 23.6 Å². The number of amides is 1. The van der Waals surface area contributed by atoms with Gasteiger partial charge in [-0.15, -0.1) is 11.3 Å². The molecular weight excluding hydrogens is 420 g/mol. The van der Waals surface area contributed by atoms with E-state index in [0.717, 1.165) is 33.3 Å². The Bertz CT molecular complexity index is 1160. The number of nitrogens with zero attached hydrogens (tertiary/aromatic N) is 2. The second kappa shape index (κ2) is 8.12. The Morgan fingerprint density at radius 2 is 1.87 bits per heavy atom. The largest absolute Gasteiger partial charge is 0.495 e. The third-order valence-corrected chi connectivity index (χ3v) is 8.28. The molecule has 156 valence electrons. The molecule has 3 aromatic rings. The molecule has 4 rings (SSSR count). The molecule has 0 aliphatic carbocycles. The number of hydrogen-bond donors (Lipinski definition) is 0. The maximum absolute atomic E-state index is 13.4. The smallest absolute Gasteiger partial charge is 0.274 e. The van der Waals surface area contributed by atoms with Gasteiger partial charge in [-0.05, 0) is 48.6 Å². The molecule has 1 atom stereocenters. The van der Waals surface area contributed by atoms with Crippen molar-refractivity contribution >= 4 is 38.6 Å². The molecule has 1 unspecified atom stereocenters. The molecule has 2 heterocycles. The van der Waals surface area contributed by atoms with Crippen molar-refractivity contribution in [3.05, 3.63) is 71.6 Å². The van der Waals surface area contributed by atoms with E-state index in [1.54, 1.807) is 46.7 Å². The first kappa shape index (κ1) is 20.4. The first-order chi connectivity index (χ1) is 14.4. The molecule has 2 aromatic carbocycles. The Labute approximate surface area is 180 Å². The van der Waals surface area contributed by atoms with E-state index < -0.39 is 10.0 Å². The summed E-state index contributed by atoms with van der Waals surface area (Å²) in [6.07, 6.45) is 0.744. The van der Waals surface area contributed by atoms with Gasteiger partial charge < -0.3 is 9.64 Å². The zero-order valence-electron chi connectivity index (χ0n) is 16.7. The molecule has 6 nitrogen and oxygen atoms in total. The molecule has 0 radical (unpaired) electrons. The highest BCUT2D eigenvalue weighted by molar-refractivity contribution is 7.94. The van der Waals surface area contributed by atoms with Crippen LogP contribution in [0, 0.1) is 0 Å². The fourth-order valence-corrected chi connectivity index (χ4v) is 6.33. The number of carbonyl (C=O) groups excluding carboxylic acids is 1. The third kappa shape index (κ3) is 3.57. The maximum atomic E-state index is 13.4. The molecule has 8 heteroatoms. The Balaban J connectivity index is 1.75. The van der Waals surface area contributed by atoms with Gasteiger partial charge in [-0.2, -0.15) is 0 Å². The summed E-state index contributed by atoms with van der Waals surface area (Å²) < 4.78 is 33.6. The molecule has 0 saturated heterocycles. The number of benzene rings is 2. The maximum Gasteiger partial charge on any atom is 0.274 e. The van der Waals surface area contributed by atoms with Crippen LogP contribution in [0.3, 0.4) is 0 Å². The fourth-order valence-electron chi connectivity index (χ4n) is 3.80. The number of fused-ring (bicyclic) bond motifs is 1. The van der Waals surface area contributed by atoms with Crippen molar-refractivity contribution in [2.24, 2.45) is 0 Å². The van der Waals surface area contributed by atoms with Gasteiger partial charge in [0, 0.05) is 11.7 Å². The average Bonchev–Trinajstić information content (AvgIpc) is 3.39. The lowest BCUT2D eigenvalue weighted by Crippen LogP contribution is -2.45. The van der Waals surface area contributed by atoms with Crippen molar-refractivity contribution in [3.63, 3.8) is 0 Å².